The van der Waals surface area contributed by atoms with Gasteiger partial charge < -0.3 is 15.4 Å². The van der Waals surface area contributed by atoms with Crippen LogP contribution in [0.1, 0.15) is 16.8 Å². The Morgan fingerprint density at radius 2 is 1.85 bits per heavy atom. The number of benzene rings is 2. The molecule has 0 aliphatic rings. The number of guanidine groups is 1. The number of hydrogen-bond acceptors (Lipinski definition) is 3. The van der Waals surface area contributed by atoms with Crippen molar-refractivity contribution in [3.8, 4) is 11.4 Å². The molecule has 6 heteroatoms. The molecule has 0 saturated carbocycles. The topological polar surface area (TPSA) is 63.5 Å². The molecule has 0 atom stereocenters. The highest BCUT2D eigenvalue weighted by atomic mass is 16.5. The minimum Gasteiger partial charge on any atom is -0.496 e. The quantitative estimate of drug-likeness (QED) is 0.522. The Hall–Kier alpha value is -3.28. The zero-order valence-electron chi connectivity index (χ0n) is 15.9. The second kappa shape index (κ2) is 8.89. The molecule has 2 N–H and O–H groups in total. The summed E-state index contributed by atoms with van der Waals surface area (Å²) >= 11 is 0. The van der Waals surface area contributed by atoms with Gasteiger partial charge in [-0.25, -0.2) is 4.68 Å². The molecule has 0 spiro atoms. The number of aliphatic imine (C=N–C) groups is 1. The van der Waals surface area contributed by atoms with Crippen molar-refractivity contribution in [1.29, 1.82) is 0 Å². The lowest BCUT2D eigenvalue weighted by molar-refractivity contribution is 0.408. The molecule has 140 valence electrons. The molecule has 27 heavy (non-hydrogen) atoms. The highest BCUT2D eigenvalue weighted by Gasteiger charge is 2.06. The van der Waals surface area contributed by atoms with E-state index in [1.54, 1.807) is 14.2 Å². The van der Waals surface area contributed by atoms with Crippen LogP contribution in [-0.2, 0) is 13.1 Å². The minimum absolute atomic E-state index is 0.588. The number of hydrogen-bond donors (Lipinski definition) is 2. The van der Waals surface area contributed by atoms with Gasteiger partial charge in [0.1, 0.15) is 5.75 Å². The normalized spacial score (nSPS) is 11.3. The zero-order chi connectivity index (χ0) is 19.1. The van der Waals surface area contributed by atoms with E-state index in [1.165, 1.54) is 5.56 Å². The van der Waals surface area contributed by atoms with Crippen LogP contribution in [0.2, 0.25) is 0 Å². The van der Waals surface area contributed by atoms with Gasteiger partial charge in [0, 0.05) is 25.4 Å². The van der Waals surface area contributed by atoms with Crippen molar-refractivity contribution in [2.24, 2.45) is 4.99 Å². The van der Waals surface area contributed by atoms with E-state index in [4.69, 9.17) is 4.74 Å². The van der Waals surface area contributed by atoms with Crippen molar-refractivity contribution in [2.45, 2.75) is 20.0 Å². The third kappa shape index (κ3) is 4.88. The third-order valence-corrected chi connectivity index (χ3v) is 4.21. The van der Waals surface area contributed by atoms with E-state index in [0.29, 0.717) is 19.0 Å². The average molecular weight is 363 g/mol. The largest absolute Gasteiger partial charge is 0.496 e. The van der Waals surface area contributed by atoms with Gasteiger partial charge in [0.2, 0.25) is 0 Å². The van der Waals surface area contributed by atoms with E-state index in [9.17, 15) is 0 Å². The summed E-state index contributed by atoms with van der Waals surface area (Å²) in [6.07, 6.45) is 1.96. The number of methoxy groups -OCH3 is 1. The molecular formula is C21H25N5O. The Kier molecular flexibility index (Phi) is 6.10. The molecule has 0 saturated heterocycles. The Balaban J connectivity index is 1.56. The van der Waals surface area contributed by atoms with Crippen molar-refractivity contribution >= 4 is 5.96 Å². The summed E-state index contributed by atoms with van der Waals surface area (Å²) in [6.45, 7) is 3.26. The highest BCUT2D eigenvalue weighted by Crippen LogP contribution is 2.19. The fourth-order valence-electron chi connectivity index (χ4n) is 2.75. The molecule has 0 bridgehead atoms. The summed E-state index contributed by atoms with van der Waals surface area (Å²) in [5, 5.41) is 11.2. The summed E-state index contributed by atoms with van der Waals surface area (Å²) in [7, 11) is 3.44. The van der Waals surface area contributed by atoms with Crippen molar-refractivity contribution < 1.29 is 4.74 Å². The molecule has 0 radical (unpaired) electrons. The first-order valence-corrected chi connectivity index (χ1v) is 8.87. The predicted molar refractivity (Wildman–Crippen MR) is 108 cm³/mol. The zero-order valence-corrected chi connectivity index (χ0v) is 15.9. The molecule has 0 aliphatic carbocycles. The lowest BCUT2D eigenvalue weighted by Crippen LogP contribution is -2.36. The molecular weight excluding hydrogens is 338 g/mol. The van der Waals surface area contributed by atoms with Gasteiger partial charge in [-0.1, -0.05) is 30.3 Å². The first kappa shape index (κ1) is 18.5. The Morgan fingerprint density at radius 3 is 2.59 bits per heavy atom. The number of para-hydroxylation sites is 1. The first-order chi connectivity index (χ1) is 13.2. The second-order valence-corrected chi connectivity index (χ2v) is 6.18. The van der Waals surface area contributed by atoms with Crippen LogP contribution in [0.25, 0.3) is 5.69 Å². The molecule has 0 unspecified atom stereocenters. The Labute approximate surface area is 159 Å². The van der Waals surface area contributed by atoms with Crippen LogP contribution in [0.4, 0.5) is 0 Å². The molecule has 1 heterocycles. The van der Waals surface area contributed by atoms with E-state index >= 15 is 0 Å². The standard InChI is InChI=1S/C21H25N5O/c1-16-9-10-17(20(13-16)27-3)14-23-21(22-2)24-15-18-11-12-26(25-18)19-7-5-4-6-8-19/h4-13H,14-15H2,1-3H3,(H2,22,23,24). The summed E-state index contributed by atoms with van der Waals surface area (Å²) in [6, 6.07) is 18.2. The summed E-state index contributed by atoms with van der Waals surface area (Å²) in [5.41, 5.74) is 4.24. The lowest BCUT2D eigenvalue weighted by atomic mass is 10.1. The van der Waals surface area contributed by atoms with Crippen LogP contribution in [0, 0.1) is 6.92 Å². The van der Waals surface area contributed by atoms with Gasteiger partial charge in [-0.3, -0.25) is 4.99 Å². The Bertz CT molecular complexity index is 902. The molecule has 0 amide bonds. The van der Waals surface area contributed by atoms with Crippen LogP contribution in [0.5, 0.6) is 5.75 Å². The summed E-state index contributed by atoms with van der Waals surface area (Å²) in [5.74, 6) is 1.59. The van der Waals surface area contributed by atoms with E-state index in [1.807, 2.05) is 53.3 Å². The molecule has 0 fully saturated rings. The Morgan fingerprint density at radius 1 is 1.07 bits per heavy atom. The van der Waals surface area contributed by atoms with E-state index in [2.05, 4.69) is 39.8 Å². The van der Waals surface area contributed by atoms with Gasteiger partial charge in [-0.2, -0.15) is 5.10 Å². The molecule has 3 rings (SSSR count). The predicted octanol–water partition coefficient (Wildman–Crippen LogP) is 3.05. The van der Waals surface area contributed by atoms with Gasteiger partial charge in [0.15, 0.2) is 5.96 Å². The van der Waals surface area contributed by atoms with Gasteiger partial charge in [0.25, 0.3) is 0 Å². The molecule has 6 nitrogen and oxygen atoms in total. The number of aromatic nitrogens is 2. The van der Waals surface area contributed by atoms with Crippen molar-refractivity contribution in [3.63, 3.8) is 0 Å². The van der Waals surface area contributed by atoms with Gasteiger partial charge in [-0.15, -0.1) is 0 Å². The maximum atomic E-state index is 5.45. The van der Waals surface area contributed by atoms with Crippen LogP contribution in [0.3, 0.4) is 0 Å². The number of nitrogens with zero attached hydrogens (tertiary/aromatic N) is 3. The maximum Gasteiger partial charge on any atom is 0.191 e. The van der Waals surface area contributed by atoms with Crippen LogP contribution >= 0.6 is 0 Å². The maximum absolute atomic E-state index is 5.45. The van der Waals surface area contributed by atoms with Crippen LogP contribution in [0.15, 0.2) is 65.8 Å². The molecule has 1 aromatic heterocycles. The van der Waals surface area contributed by atoms with Crippen molar-refractivity contribution in [3.05, 3.63) is 77.6 Å². The summed E-state index contributed by atoms with van der Waals surface area (Å²) < 4.78 is 7.32. The van der Waals surface area contributed by atoms with Gasteiger partial charge >= 0.3 is 0 Å². The van der Waals surface area contributed by atoms with Crippen LogP contribution in [-0.4, -0.2) is 29.9 Å². The average Bonchev–Trinajstić information content (AvgIpc) is 3.18. The third-order valence-electron chi connectivity index (χ3n) is 4.21. The first-order valence-electron chi connectivity index (χ1n) is 8.87. The van der Waals surface area contributed by atoms with Gasteiger partial charge in [0.05, 0.1) is 25.0 Å². The smallest absolute Gasteiger partial charge is 0.191 e. The fourth-order valence-corrected chi connectivity index (χ4v) is 2.75. The highest BCUT2D eigenvalue weighted by molar-refractivity contribution is 5.79. The monoisotopic (exact) mass is 363 g/mol. The minimum atomic E-state index is 0.588. The lowest BCUT2D eigenvalue weighted by Gasteiger charge is -2.13. The second-order valence-electron chi connectivity index (χ2n) is 6.18. The number of rotatable bonds is 6. The molecule has 2 aromatic carbocycles. The number of nitrogens with one attached hydrogen (secondary N) is 2. The molecule has 0 aliphatic heterocycles. The van der Waals surface area contributed by atoms with E-state index < -0.39 is 0 Å². The number of ether oxygens (including phenoxy) is 1. The van der Waals surface area contributed by atoms with Crippen molar-refractivity contribution in [1.82, 2.24) is 20.4 Å². The van der Waals surface area contributed by atoms with Crippen molar-refractivity contribution in [2.75, 3.05) is 14.2 Å². The fraction of sp³-hybridized carbons (Fsp3) is 0.238. The molecule has 3 aromatic rings. The SMILES string of the molecule is CN=C(NCc1ccn(-c2ccccc2)n1)NCc1ccc(C)cc1OC. The number of aryl methyl sites for hydroxylation is 1. The summed E-state index contributed by atoms with van der Waals surface area (Å²) in [4.78, 5) is 4.28. The van der Waals surface area contributed by atoms with E-state index in [-0.39, 0.29) is 0 Å². The van der Waals surface area contributed by atoms with E-state index in [0.717, 1.165) is 22.7 Å². The van der Waals surface area contributed by atoms with Crippen LogP contribution < -0.4 is 15.4 Å². The van der Waals surface area contributed by atoms with Gasteiger partial charge in [-0.05, 0) is 36.8 Å².